The first-order valence-corrected chi connectivity index (χ1v) is 7.76. The Hall–Kier alpha value is -1.85. The van der Waals surface area contributed by atoms with E-state index in [1.807, 2.05) is 0 Å². The third-order valence-electron chi connectivity index (χ3n) is 4.63. The van der Waals surface area contributed by atoms with E-state index in [4.69, 9.17) is 0 Å². The number of amides is 3. The first kappa shape index (κ1) is 14.1. The van der Waals surface area contributed by atoms with Gasteiger partial charge in [-0.3, -0.25) is 9.69 Å². The third kappa shape index (κ3) is 2.80. The molecule has 1 aromatic rings. The molecule has 2 aliphatic rings. The van der Waals surface area contributed by atoms with Crippen LogP contribution in [0.25, 0.3) is 0 Å². The lowest BCUT2D eigenvalue weighted by Crippen LogP contribution is -2.37. The minimum Gasteiger partial charge on any atom is -0.347 e. The van der Waals surface area contributed by atoms with Crippen LogP contribution in [0.1, 0.15) is 44.7 Å². The maximum atomic E-state index is 12.5. The summed E-state index contributed by atoms with van der Waals surface area (Å²) in [6.45, 7) is 2.80. The normalized spacial score (nSPS) is 24.1. The van der Waals surface area contributed by atoms with Crippen molar-refractivity contribution in [3.8, 4) is 0 Å². The quantitative estimate of drug-likeness (QED) is 0.864. The van der Waals surface area contributed by atoms with Gasteiger partial charge in [-0.05, 0) is 25.7 Å². The molecule has 0 bridgehead atoms. The van der Waals surface area contributed by atoms with E-state index in [-0.39, 0.29) is 18.0 Å². The minimum absolute atomic E-state index is 0.0647. The molecule has 21 heavy (non-hydrogen) atoms. The Balaban J connectivity index is 1.67. The zero-order valence-electron chi connectivity index (χ0n) is 12.4. The van der Waals surface area contributed by atoms with Crippen molar-refractivity contribution < 1.29 is 9.59 Å². The van der Waals surface area contributed by atoms with E-state index in [2.05, 4.69) is 9.97 Å². The van der Waals surface area contributed by atoms with Crippen LogP contribution >= 0.6 is 0 Å². The molecule has 1 saturated carbocycles. The second-order valence-electron chi connectivity index (χ2n) is 6.12. The summed E-state index contributed by atoms with van der Waals surface area (Å²) in [7, 11) is 0. The smallest absolute Gasteiger partial charge is 0.327 e. The van der Waals surface area contributed by atoms with Gasteiger partial charge in [0.15, 0.2) is 0 Å². The summed E-state index contributed by atoms with van der Waals surface area (Å²) in [6, 6.07) is -0.544. The molecule has 114 valence electrons. The molecule has 0 aromatic carbocycles. The second kappa shape index (κ2) is 5.87. The Bertz CT molecular complexity index is 508. The van der Waals surface area contributed by atoms with Crippen molar-refractivity contribution in [2.24, 2.45) is 5.92 Å². The number of carbonyl (C=O) groups excluding carboxylic acids is 2. The summed E-state index contributed by atoms with van der Waals surface area (Å²) in [5.74, 6) is 0.413. The number of aromatic nitrogens is 2. The number of urea groups is 1. The Labute approximate surface area is 124 Å². The van der Waals surface area contributed by atoms with Crippen LogP contribution in [0.2, 0.25) is 0 Å². The molecular weight excluding hydrogens is 268 g/mol. The molecule has 1 aromatic heterocycles. The summed E-state index contributed by atoms with van der Waals surface area (Å²) in [4.78, 5) is 34.9. The fourth-order valence-electron chi connectivity index (χ4n) is 3.33. The van der Waals surface area contributed by atoms with Crippen molar-refractivity contribution in [3.63, 3.8) is 0 Å². The molecule has 0 unspecified atom stereocenters. The van der Waals surface area contributed by atoms with Gasteiger partial charge < -0.3 is 9.88 Å². The van der Waals surface area contributed by atoms with Crippen LogP contribution < -0.4 is 0 Å². The van der Waals surface area contributed by atoms with Crippen LogP contribution in [0.15, 0.2) is 12.5 Å². The number of hydrogen-bond donors (Lipinski definition) is 1. The Morgan fingerprint density at radius 1 is 1.29 bits per heavy atom. The number of H-pyrrole nitrogens is 1. The van der Waals surface area contributed by atoms with Gasteiger partial charge in [-0.15, -0.1) is 0 Å². The molecule has 0 radical (unpaired) electrons. The lowest BCUT2D eigenvalue weighted by molar-refractivity contribution is -0.128. The van der Waals surface area contributed by atoms with Crippen LogP contribution in [0, 0.1) is 5.92 Å². The van der Waals surface area contributed by atoms with Gasteiger partial charge in [0.1, 0.15) is 6.04 Å². The van der Waals surface area contributed by atoms with Gasteiger partial charge >= 0.3 is 6.03 Å². The standard InChI is InChI=1S/C15H22N4O2/c1-11-14(20)19(8-12-5-3-2-4-6-12)15(21)18(11)9-13-7-16-10-17-13/h7,10-12H,2-6,8-9H2,1H3,(H,16,17)/t11-/m0/s1. The van der Waals surface area contributed by atoms with Gasteiger partial charge in [-0.2, -0.15) is 0 Å². The Morgan fingerprint density at radius 3 is 2.71 bits per heavy atom. The van der Waals surface area contributed by atoms with E-state index < -0.39 is 0 Å². The van der Waals surface area contributed by atoms with Crippen LogP contribution in [0.3, 0.4) is 0 Å². The molecular formula is C15H22N4O2. The Kier molecular flexibility index (Phi) is 3.94. The number of hydrogen-bond acceptors (Lipinski definition) is 3. The predicted molar refractivity (Wildman–Crippen MR) is 77.3 cm³/mol. The van der Waals surface area contributed by atoms with Crippen molar-refractivity contribution in [3.05, 3.63) is 18.2 Å². The molecule has 6 nitrogen and oxygen atoms in total. The SMILES string of the molecule is C[C@H]1C(=O)N(CC2CCCCC2)C(=O)N1Cc1cnc[nH]1. The topological polar surface area (TPSA) is 69.3 Å². The van der Waals surface area contributed by atoms with Gasteiger partial charge in [-0.1, -0.05) is 19.3 Å². The Morgan fingerprint density at radius 2 is 2.05 bits per heavy atom. The monoisotopic (exact) mass is 290 g/mol. The first-order chi connectivity index (χ1) is 10.2. The number of aromatic amines is 1. The van der Waals surface area contributed by atoms with Gasteiger partial charge in [0, 0.05) is 12.7 Å². The number of rotatable bonds is 4. The molecule has 2 fully saturated rings. The van der Waals surface area contributed by atoms with E-state index >= 15 is 0 Å². The highest BCUT2D eigenvalue weighted by molar-refractivity contribution is 6.03. The van der Waals surface area contributed by atoms with Crippen LogP contribution in [0.4, 0.5) is 4.79 Å². The van der Waals surface area contributed by atoms with Crippen LogP contribution in [-0.4, -0.2) is 44.3 Å². The highest BCUT2D eigenvalue weighted by Gasteiger charge is 2.43. The third-order valence-corrected chi connectivity index (χ3v) is 4.63. The van der Waals surface area contributed by atoms with Gasteiger partial charge in [0.25, 0.3) is 5.91 Å². The van der Waals surface area contributed by atoms with Gasteiger partial charge in [0.2, 0.25) is 0 Å². The summed E-state index contributed by atoms with van der Waals surface area (Å²) in [6.07, 6.45) is 9.25. The number of carbonyl (C=O) groups is 2. The zero-order valence-corrected chi connectivity index (χ0v) is 12.4. The number of nitrogens with zero attached hydrogens (tertiary/aromatic N) is 3. The average molecular weight is 290 g/mol. The molecule has 1 saturated heterocycles. The van der Waals surface area contributed by atoms with Crippen molar-refractivity contribution in [2.75, 3.05) is 6.54 Å². The molecule has 1 atom stereocenters. The molecule has 0 spiro atoms. The van der Waals surface area contributed by atoms with E-state index in [1.54, 1.807) is 24.3 Å². The van der Waals surface area contributed by atoms with Gasteiger partial charge in [0.05, 0.1) is 18.6 Å². The second-order valence-corrected chi connectivity index (χ2v) is 6.12. The molecule has 1 aliphatic carbocycles. The summed E-state index contributed by atoms with van der Waals surface area (Å²) >= 11 is 0. The van der Waals surface area contributed by atoms with E-state index in [0.29, 0.717) is 19.0 Å². The largest absolute Gasteiger partial charge is 0.347 e. The fraction of sp³-hybridized carbons (Fsp3) is 0.667. The highest BCUT2D eigenvalue weighted by Crippen LogP contribution is 2.27. The van der Waals surface area contributed by atoms with Crippen molar-refractivity contribution in [2.45, 2.75) is 51.6 Å². The maximum Gasteiger partial charge on any atom is 0.327 e. The molecule has 2 heterocycles. The summed E-state index contributed by atoms with van der Waals surface area (Å²) in [5.41, 5.74) is 0.850. The summed E-state index contributed by atoms with van der Waals surface area (Å²) in [5, 5.41) is 0. The number of imide groups is 1. The molecule has 1 N–H and O–H groups in total. The highest BCUT2D eigenvalue weighted by atomic mass is 16.2. The maximum absolute atomic E-state index is 12.5. The van der Waals surface area contributed by atoms with Crippen molar-refractivity contribution in [1.29, 1.82) is 0 Å². The average Bonchev–Trinajstić information content (AvgIpc) is 3.08. The lowest BCUT2D eigenvalue weighted by atomic mass is 9.89. The van der Waals surface area contributed by atoms with Crippen molar-refractivity contribution in [1.82, 2.24) is 19.8 Å². The fourth-order valence-corrected chi connectivity index (χ4v) is 3.33. The predicted octanol–water partition coefficient (Wildman–Crippen LogP) is 2.14. The van der Waals surface area contributed by atoms with E-state index in [9.17, 15) is 9.59 Å². The molecule has 3 rings (SSSR count). The molecule has 3 amide bonds. The minimum atomic E-state index is -0.385. The van der Waals surface area contributed by atoms with Crippen molar-refractivity contribution >= 4 is 11.9 Å². The first-order valence-electron chi connectivity index (χ1n) is 7.76. The van der Waals surface area contributed by atoms with Crippen LogP contribution in [0.5, 0.6) is 0 Å². The molecule has 6 heteroatoms. The summed E-state index contributed by atoms with van der Waals surface area (Å²) < 4.78 is 0. The van der Waals surface area contributed by atoms with E-state index in [1.165, 1.54) is 24.2 Å². The zero-order chi connectivity index (χ0) is 14.8. The number of nitrogens with one attached hydrogen (secondary N) is 1. The lowest BCUT2D eigenvalue weighted by Gasteiger charge is -2.25. The number of imidazole rings is 1. The van der Waals surface area contributed by atoms with Crippen LogP contribution in [-0.2, 0) is 11.3 Å². The molecule has 1 aliphatic heterocycles. The van der Waals surface area contributed by atoms with Gasteiger partial charge in [-0.25, -0.2) is 9.78 Å². The van der Waals surface area contributed by atoms with E-state index in [0.717, 1.165) is 18.5 Å².